The second-order valence-electron chi connectivity index (χ2n) is 8.60. The second-order valence-corrected chi connectivity index (χ2v) is 10.9. The minimum Gasteiger partial charge on any atom is -0.495 e. The number of aromatic nitrogens is 2. The molecule has 0 saturated heterocycles. The minimum absolute atomic E-state index is 0.156. The zero-order valence-corrected chi connectivity index (χ0v) is 22.3. The molecule has 5 nitrogen and oxygen atoms in total. The van der Waals surface area contributed by atoms with Crippen molar-refractivity contribution in [2.45, 2.75) is 35.1 Å². The number of nitrogens with zero attached hydrogens (tertiary/aromatic N) is 2. The van der Waals surface area contributed by atoms with Crippen molar-refractivity contribution in [3.8, 4) is 11.4 Å². The Kier molecular flexibility index (Phi) is 7.82. The summed E-state index contributed by atoms with van der Waals surface area (Å²) in [5.41, 5.74) is 1.27. The molecule has 0 spiro atoms. The van der Waals surface area contributed by atoms with Crippen LogP contribution in [0, 0.1) is 17.5 Å². The van der Waals surface area contributed by atoms with Gasteiger partial charge in [0, 0.05) is 22.4 Å². The Hall–Kier alpha value is -3.08. The first-order valence-electron chi connectivity index (χ1n) is 10.9. The third kappa shape index (κ3) is 5.46. The van der Waals surface area contributed by atoms with Crippen LogP contribution < -0.4 is 4.74 Å². The lowest BCUT2D eigenvalue weighted by Gasteiger charge is -2.28. The molecule has 1 heterocycles. The van der Waals surface area contributed by atoms with Gasteiger partial charge in [-0.3, -0.25) is 4.57 Å². The number of benzene rings is 3. The summed E-state index contributed by atoms with van der Waals surface area (Å²) in [7, 11) is -1.24. The molecule has 11 heteroatoms. The third-order valence-corrected chi connectivity index (χ3v) is 7.89. The van der Waals surface area contributed by atoms with Crippen molar-refractivity contribution >= 4 is 34.1 Å². The Balaban J connectivity index is 1.78. The summed E-state index contributed by atoms with van der Waals surface area (Å²) < 4.78 is 72.2. The zero-order valence-electron chi connectivity index (χ0n) is 19.9. The number of rotatable bonds is 8. The van der Waals surface area contributed by atoms with Crippen LogP contribution in [0.25, 0.3) is 5.69 Å². The van der Waals surface area contributed by atoms with Gasteiger partial charge in [0.1, 0.15) is 28.1 Å². The van der Waals surface area contributed by atoms with E-state index in [9.17, 15) is 21.6 Å². The van der Waals surface area contributed by atoms with Crippen LogP contribution in [0.3, 0.4) is 0 Å². The van der Waals surface area contributed by atoms with Crippen molar-refractivity contribution < 1.29 is 26.3 Å². The van der Waals surface area contributed by atoms with E-state index < -0.39 is 38.5 Å². The summed E-state index contributed by atoms with van der Waals surface area (Å²) in [4.78, 5) is 4.05. The number of methoxy groups -OCH3 is 1. The summed E-state index contributed by atoms with van der Waals surface area (Å²) in [6.07, 6.45) is 1.66. The van der Waals surface area contributed by atoms with E-state index in [1.165, 1.54) is 19.2 Å². The molecule has 0 bridgehead atoms. The molecule has 0 aliphatic heterocycles. The number of hydrogen-bond acceptors (Lipinski definition) is 5. The van der Waals surface area contributed by atoms with Crippen molar-refractivity contribution in [3.63, 3.8) is 0 Å². The topological polar surface area (TPSA) is 61.2 Å². The van der Waals surface area contributed by atoms with Crippen LogP contribution in [-0.4, -0.2) is 25.1 Å². The van der Waals surface area contributed by atoms with E-state index >= 15 is 0 Å². The van der Waals surface area contributed by atoms with Gasteiger partial charge in [-0.2, -0.15) is 8.42 Å². The molecule has 0 aliphatic rings. The highest BCUT2D eigenvalue weighted by Crippen LogP contribution is 2.39. The Bertz CT molecular complexity index is 1510. The van der Waals surface area contributed by atoms with E-state index in [1.54, 1.807) is 29.0 Å². The molecule has 1 radical (unpaired) electrons. The van der Waals surface area contributed by atoms with Gasteiger partial charge in [-0.1, -0.05) is 43.3 Å². The zero-order chi connectivity index (χ0) is 26.9. The predicted octanol–water partition coefficient (Wildman–Crippen LogP) is 6.81. The van der Waals surface area contributed by atoms with Gasteiger partial charge in [-0.25, -0.2) is 18.2 Å². The maximum absolute atomic E-state index is 14.5. The van der Waals surface area contributed by atoms with Crippen LogP contribution in [0.2, 0.25) is 5.02 Å². The molecule has 0 fully saturated rings. The van der Waals surface area contributed by atoms with Crippen LogP contribution in [0.4, 0.5) is 13.2 Å². The van der Waals surface area contributed by atoms with Gasteiger partial charge >= 0.3 is 0 Å². The molecule has 0 N–H and O–H groups in total. The molecule has 37 heavy (non-hydrogen) atoms. The molecule has 0 unspecified atom stereocenters. The number of hydrogen-bond donors (Lipinski definition) is 0. The maximum Gasteiger partial charge on any atom is 0.221 e. The largest absolute Gasteiger partial charge is 0.495 e. The lowest BCUT2D eigenvalue weighted by molar-refractivity contribution is 0.413. The van der Waals surface area contributed by atoms with Crippen LogP contribution in [0.1, 0.15) is 30.7 Å². The monoisotopic (exact) mass is 565 g/mol. The molecule has 0 aliphatic carbocycles. The van der Waals surface area contributed by atoms with Gasteiger partial charge in [0.25, 0.3) is 0 Å². The average Bonchev–Trinajstić information content (AvgIpc) is 3.28. The molecule has 0 saturated carbocycles. The molecule has 0 amide bonds. The molecule has 193 valence electrons. The Morgan fingerprint density at radius 2 is 1.68 bits per heavy atom. The van der Waals surface area contributed by atoms with Crippen LogP contribution >= 0.6 is 23.4 Å². The molecule has 0 atom stereocenters. The SMILES string of the molecule is COc1cc(C(C)(C)c2cnc(SCc3c(F)cc([S](=O)=O)cc3F)n2-c2ccc(F)cc2)ccc1Cl. The van der Waals surface area contributed by atoms with Gasteiger partial charge in [0.2, 0.25) is 10.7 Å². The highest BCUT2D eigenvalue weighted by molar-refractivity contribution is 7.98. The van der Waals surface area contributed by atoms with Crippen LogP contribution in [0.15, 0.2) is 70.8 Å². The summed E-state index contributed by atoms with van der Waals surface area (Å²) >= 11 is 7.28. The first-order chi connectivity index (χ1) is 17.5. The maximum atomic E-state index is 14.5. The normalized spacial score (nSPS) is 11.5. The van der Waals surface area contributed by atoms with Gasteiger partial charge in [-0.15, -0.1) is 0 Å². The minimum atomic E-state index is -2.76. The van der Waals surface area contributed by atoms with Gasteiger partial charge < -0.3 is 4.74 Å². The van der Waals surface area contributed by atoms with Crippen molar-refractivity contribution in [3.05, 3.63) is 100 Å². The standard InChI is InChI=1S/C26H21ClF3N2O3S2/c1-26(2,15-4-9-20(27)23(10-15)35-3)24-13-31-25(32(24)17-7-5-16(28)6-8-17)36-14-19-21(29)11-18(37(33)34)12-22(19)30/h4-13H,14H2,1-3H3. The summed E-state index contributed by atoms with van der Waals surface area (Å²) in [5, 5.41) is 0.868. The fourth-order valence-electron chi connectivity index (χ4n) is 3.86. The molecule has 4 aromatic rings. The van der Waals surface area contributed by atoms with Crippen LogP contribution in [-0.2, 0) is 21.9 Å². The number of thioether (sulfide) groups is 1. The lowest BCUT2D eigenvalue weighted by Crippen LogP contribution is -2.23. The van der Waals surface area contributed by atoms with E-state index in [0.717, 1.165) is 35.2 Å². The Morgan fingerprint density at radius 3 is 2.27 bits per heavy atom. The first kappa shape index (κ1) is 27.0. The average molecular weight is 566 g/mol. The fourth-order valence-corrected chi connectivity index (χ4v) is 5.47. The van der Waals surface area contributed by atoms with E-state index in [0.29, 0.717) is 21.6 Å². The number of ether oxygens (including phenoxy) is 1. The predicted molar refractivity (Wildman–Crippen MR) is 137 cm³/mol. The molecule has 4 rings (SSSR count). The van der Waals surface area contributed by atoms with E-state index in [4.69, 9.17) is 16.3 Å². The number of halogens is 4. The lowest BCUT2D eigenvalue weighted by atomic mass is 9.81. The van der Waals surface area contributed by atoms with Gasteiger partial charge in [-0.05, 0) is 54.1 Å². The van der Waals surface area contributed by atoms with Crippen molar-refractivity contribution in [2.75, 3.05) is 7.11 Å². The molecule has 3 aromatic carbocycles. The second kappa shape index (κ2) is 10.7. The summed E-state index contributed by atoms with van der Waals surface area (Å²) in [6.45, 7) is 3.95. The molecule has 1 aromatic heterocycles. The smallest absolute Gasteiger partial charge is 0.221 e. The highest BCUT2D eigenvalue weighted by atomic mass is 35.5. The van der Waals surface area contributed by atoms with E-state index in [-0.39, 0.29) is 11.3 Å². The molecular weight excluding hydrogens is 545 g/mol. The van der Waals surface area contributed by atoms with Crippen molar-refractivity contribution in [2.24, 2.45) is 0 Å². The summed E-state index contributed by atoms with van der Waals surface area (Å²) in [5.74, 6) is -2.01. The quantitative estimate of drug-likeness (QED) is 0.220. The number of imidazole rings is 1. The Labute approximate surface area is 223 Å². The van der Waals surface area contributed by atoms with E-state index in [2.05, 4.69) is 4.98 Å². The van der Waals surface area contributed by atoms with Gasteiger partial charge in [0.15, 0.2) is 5.16 Å². The molecular formula is C26H21ClF3N2O3S2. The third-order valence-electron chi connectivity index (χ3n) is 5.98. The summed E-state index contributed by atoms with van der Waals surface area (Å²) in [6, 6.07) is 12.8. The Morgan fingerprint density at radius 1 is 1.03 bits per heavy atom. The highest BCUT2D eigenvalue weighted by Gasteiger charge is 2.30. The van der Waals surface area contributed by atoms with Crippen LogP contribution in [0.5, 0.6) is 5.75 Å². The van der Waals surface area contributed by atoms with Crippen molar-refractivity contribution in [1.82, 2.24) is 9.55 Å². The van der Waals surface area contributed by atoms with E-state index in [1.807, 2.05) is 26.0 Å². The fraction of sp³-hybridized carbons (Fsp3) is 0.192. The van der Waals surface area contributed by atoms with Crippen molar-refractivity contribution in [1.29, 1.82) is 0 Å². The first-order valence-corrected chi connectivity index (χ1v) is 13.3. The van der Waals surface area contributed by atoms with Gasteiger partial charge in [0.05, 0.1) is 24.0 Å².